The van der Waals surface area contributed by atoms with E-state index in [0.29, 0.717) is 12.8 Å². The van der Waals surface area contributed by atoms with Crippen LogP contribution in [-0.4, -0.2) is 39.6 Å². The van der Waals surface area contributed by atoms with Crippen LogP contribution in [0.15, 0.2) is 0 Å². The lowest BCUT2D eigenvalue weighted by Gasteiger charge is -2.30. The molecule has 0 fully saturated rings. The molecule has 65 heavy (non-hydrogen) atoms. The molecular weight excluding hydrogens is 908 g/mol. The van der Waals surface area contributed by atoms with Gasteiger partial charge in [-0.2, -0.15) is 12.9 Å². The summed E-state index contributed by atoms with van der Waals surface area (Å²) in [5.41, 5.74) is 0. The molecule has 0 aliphatic rings. The van der Waals surface area contributed by atoms with E-state index in [1.54, 1.807) is 0 Å². The number of hydrogen-bond acceptors (Lipinski definition) is 13. The second-order valence-electron chi connectivity index (χ2n) is 18.3. The average Bonchev–Trinajstić information content (AvgIpc) is 3.29. The van der Waals surface area contributed by atoms with Gasteiger partial charge in [0.25, 0.3) is 0 Å². The first-order valence-electron chi connectivity index (χ1n) is 26.5. The summed E-state index contributed by atoms with van der Waals surface area (Å²) in [5, 5.41) is 0. The van der Waals surface area contributed by atoms with E-state index in [9.17, 15) is 0 Å². The summed E-state index contributed by atoms with van der Waals surface area (Å²) in [4.78, 5) is 0. The summed E-state index contributed by atoms with van der Waals surface area (Å²) >= 11 is 0. The Morgan fingerprint density at radius 3 is 0.569 bits per heavy atom. The Hall–Kier alpha value is 0.560. The third-order valence-corrected chi connectivity index (χ3v) is 20.3. The smallest absolute Gasteiger partial charge is 0.286 e. The van der Waals surface area contributed by atoms with E-state index in [-0.39, 0.29) is 75.1 Å². The number of hydrogen-bond donors (Lipinski definition) is 0. The van der Waals surface area contributed by atoms with E-state index in [4.69, 9.17) is 40.1 Å². The maximum atomic E-state index is 15.4. The molecule has 0 aliphatic heterocycles. The minimum Gasteiger partial charge on any atom is -0.286 e. The van der Waals surface area contributed by atoms with Gasteiger partial charge in [-0.15, -0.1) is 0 Å². The predicted molar refractivity (Wildman–Crippen MR) is 269 cm³/mol. The molecule has 0 spiro atoms. The first-order chi connectivity index (χ1) is 31.1. The van der Waals surface area contributed by atoms with E-state index in [1.807, 2.05) is 41.5 Å². The Labute approximate surface area is 400 Å². The Morgan fingerprint density at radius 2 is 0.415 bits per heavy atom. The zero-order chi connectivity index (χ0) is 49.0. The van der Waals surface area contributed by atoms with Crippen molar-refractivity contribution in [2.75, 3.05) is 39.6 Å². The van der Waals surface area contributed by atoms with Gasteiger partial charge < -0.3 is 0 Å². The van der Waals surface area contributed by atoms with Gasteiger partial charge in [0.05, 0.1) is 39.6 Å². The van der Waals surface area contributed by atoms with Gasteiger partial charge >= 0.3 is 31.3 Å². The van der Waals surface area contributed by atoms with Crippen molar-refractivity contribution >= 4 is 31.3 Å². The highest BCUT2D eigenvalue weighted by atomic mass is 31.3. The Morgan fingerprint density at radius 1 is 0.262 bits per heavy atom. The second kappa shape index (κ2) is 39.2. The van der Waals surface area contributed by atoms with Crippen LogP contribution in [0.4, 0.5) is 0 Å². The highest BCUT2D eigenvalue weighted by Gasteiger charge is 2.52. The summed E-state index contributed by atoms with van der Waals surface area (Å²) < 4.78 is 115. The van der Waals surface area contributed by atoms with Gasteiger partial charge in [-0.05, 0) is 74.0 Å². The van der Waals surface area contributed by atoms with E-state index in [2.05, 4.69) is 41.5 Å². The molecule has 0 amide bonds. The van der Waals surface area contributed by atoms with Crippen LogP contribution in [0, 0.1) is 35.5 Å². The minimum atomic E-state index is -5.29. The number of unbranched alkanes of at least 4 members (excludes halogenated alkanes) is 6. The molecule has 392 valence electrons. The van der Waals surface area contributed by atoms with Gasteiger partial charge in [-0.25, -0.2) is 18.3 Å². The standard InChI is InChI=1S/C48H102O13P4/c1-13-25-31-43(19-7)37-53-62(49,54-38-44(20-8)32-26-14-2)59-64(51,57-41-47(23-11)35-29-17-5)61-65(52,58-42-48(24-12)36-30-18-6)60-63(50,55-39-45(21-9)33-27-15-3)56-40-46(22-10)34-28-16-4/h43-48H,13-42H2,1-12H3. The molecule has 13 nitrogen and oxygen atoms in total. The third kappa shape index (κ3) is 30.8. The number of phosphoric acid groups is 4. The minimum absolute atomic E-state index is 0.00197. The lowest BCUT2D eigenvalue weighted by molar-refractivity contribution is 0.0797. The van der Waals surface area contributed by atoms with Gasteiger partial charge in [0.2, 0.25) is 0 Å². The molecule has 8 atom stereocenters. The monoisotopic (exact) mass is 1010 g/mol. The lowest BCUT2D eigenvalue weighted by Crippen LogP contribution is -2.16. The molecule has 0 aromatic carbocycles. The van der Waals surface area contributed by atoms with E-state index < -0.39 is 31.3 Å². The van der Waals surface area contributed by atoms with E-state index >= 15 is 18.3 Å². The van der Waals surface area contributed by atoms with Crippen molar-refractivity contribution in [1.82, 2.24) is 0 Å². The van der Waals surface area contributed by atoms with Gasteiger partial charge in [0.1, 0.15) is 0 Å². The van der Waals surface area contributed by atoms with Crippen LogP contribution in [0.25, 0.3) is 0 Å². The maximum Gasteiger partial charge on any atom is 0.492 e. The van der Waals surface area contributed by atoms with Crippen LogP contribution in [0.2, 0.25) is 0 Å². The van der Waals surface area contributed by atoms with Crippen molar-refractivity contribution in [2.45, 2.75) is 237 Å². The first kappa shape index (κ1) is 65.6. The second-order valence-corrected chi connectivity index (χ2v) is 25.4. The predicted octanol–water partition coefficient (Wildman–Crippen LogP) is 18.9. The van der Waals surface area contributed by atoms with Crippen LogP contribution in [0.5, 0.6) is 0 Å². The summed E-state index contributed by atoms with van der Waals surface area (Å²) in [6, 6.07) is 0. The normalized spacial score (nSPS) is 18.8. The summed E-state index contributed by atoms with van der Waals surface area (Å²) in [6.45, 7) is 24.4. The van der Waals surface area contributed by atoms with Crippen LogP contribution < -0.4 is 0 Å². The highest BCUT2D eigenvalue weighted by molar-refractivity contribution is 7.70. The van der Waals surface area contributed by atoms with Crippen molar-refractivity contribution in [2.24, 2.45) is 35.5 Å². The number of rotatable bonds is 48. The molecule has 0 saturated heterocycles. The quantitative estimate of drug-likeness (QED) is 0.0532. The van der Waals surface area contributed by atoms with Crippen molar-refractivity contribution in [3.63, 3.8) is 0 Å². The Kier molecular flexibility index (Phi) is 39.5. The van der Waals surface area contributed by atoms with Gasteiger partial charge in [0, 0.05) is 0 Å². The molecule has 0 rings (SSSR count). The molecule has 8 unspecified atom stereocenters. The summed E-state index contributed by atoms with van der Waals surface area (Å²) in [7, 11) is -20.2. The van der Waals surface area contributed by atoms with Gasteiger partial charge in [0.15, 0.2) is 0 Å². The lowest BCUT2D eigenvalue weighted by atomic mass is 10.0. The topological polar surface area (TPSA) is 151 Å². The summed E-state index contributed by atoms with van der Waals surface area (Å²) in [5.74, 6) is -0.157. The maximum absolute atomic E-state index is 15.4. The fourth-order valence-corrected chi connectivity index (χ4v) is 15.0. The van der Waals surface area contributed by atoms with E-state index in [0.717, 1.165) is 141 Å². The fraction of sp³-hybridized carbons (Fsp3) is 1.00. The molecule has 0 aliphatic carbocycles. The summed E-state index contributed by atoms with van der Waals surface area (Å²) in [6.07, 6.45) is 20.4. The molecule has 0 aromatic rings. The number of phosphoric ester groups is 2. The van der Waals surface area contributed by atoms with Crippen LogP contribution in [0.1, 0.15) is 237 Å². The SMILES string of the molecule is CCCCC(CC)COP(=O)(OCC(CC)CCCC)OP(=O)(OCC(CC)CCCC)OP(=O)(OCC(CC)CCCC)OP(=O)(OCC(CC)CCCC)OCC(CC)CCCC. The van der Waals surface area contributed by atoms with Crippen LogP contribution >= 0.6 is 31.3 Å². The molecule has 0 saturated carbocycles. The van der Waals surface area contributed by atoms with Crippen molar-refractivity contribution in [3.8, 4) is 0 Å². The zero-order valence-electron chi connectivity index (χ0n) is 43.8. The molecule has 17 heteroatoms. The third-order valence-electron chi connectivity index (χ3n) is 12.7. The zero-order valence-corrected chi connectivity index (χ0v) is 47.4. The van der Waals surface area contributed by atoms with Crippen molar-refractivity contribution in [1.29, 1.82) is 0 Å². The van der Waals surface area contributed by atoms with Crippen LogP contribution in [0.3, 0.4) is 0 Å². The average molecular weight is 1010 g/mol. The highest BCUT2D eigenvalue weighted by Crippen LogP contribution is 2.77. The molecular formula is C48H102O13P4. The van der Waals surface area contributed by atoms with Gasteiger partial charge in [-0.1, -0.05) is 199 Å². The molecule has 0 heterocycles. The van der Waals surface area contributed by atoms with Crippen molar-refractivity contribution < 1.29 is 58.3 Å². The molecule has 0 N–H and O–H groups in total. The van der Waals surface area contributed by atoms with Gasteiger partial charge in [-0.3, -0.25) is 27.1 Å². The van der Waals surface area contributed by atoms with Crippen LogP contribution in [-0.2, 0) is 58.3 Å². The largest absolute Gasteiger partial charge is 0.492 e. The Bertz CT molecular complexity index is 1180. The fourth-order valence-electron chi connectivity index (χ4n) is 7.23. The molecule has 0 bridgehead atoms. The molecule has 0 radical (unpaired) electrons. The van der Waals surface area contributed by atoms with Crippen molar-refractivity contribution in [3.05, 3.63) is 0 Å². The molecule has 0 aromatic heterocycles. The Balaban J connectivity index is 7.66. The first-order valence-corrected chi connectivity index (χ1v) is 32.3. The van der Waals surface area contributed by atoms with E-state index in [1.165, 1.54) is 0 Å².